The number of amides is 2. The topological polar surface area (TPSA) is 49.9 Å². The van der Waals surface area contributed by atoms with E-state index in [1.807, 2.05) is 0 Å². The van der Waals surface area contributed by atoms with Crippen molar-refractivity contribution in [3.63, 3.8) is 0 Å². The largest absolute Gasteiger partial charge is 0.471 e. The highest BCUT2D eigenvalue weighted by Crippen LogP contribution is 2.25. The second kappa shape index (κ2) is 8.18. The minimum absolute atomic E-state index is 0.0195. The highest BCUT2D eigenvalue weighted by atomic mass is 19.4. The highest BCUT2D eigenvalue weighted by Gasteiger charge is 2.43. The maximum atomic E-state index is 12.4. The van der Waals surface area contributed by atoms with Crippen molar-refractivity contribution in [1.82, 2.24) is 9.80 Å². The van der Waals surface area contributed by atoms with Crippen LogP contribution in [0.15, 0.2) is 0 Å². The second-order valence-corrected chi connectivity index (χ2v) is 6.60. The van der Waals surface area contributed by atoms with E-state index in [2.05, 4.69) is 0 Å². The van der Waals surface area contributed by atoms with Crippen LogP contribution >= 0.6 is 0 Å². The lowest BCUT2D eigenvalue weighted by atomic mass is 9.95. The Balaban J connectivity index is 1.74. The molecule has 0 aromatic rings. The molecule has 0 saturated carbocycles. The minimum atomic E-state index is -4.84. The molecule has 138 valence electrons. The fraction of sp³-hybridized carbons (Fsp3) is 0.875. The highest BCUT2D eigenvalue weighted by molar-refractivity contribution is 5.83. The van der Waals surface area contributed by atoms with Crippen LogP contribution in [0.3, 0.4) is 0 Å². The smallest absolute Gasteiger partial charge is 0.378 e. The number of likely N-dealkylation sites (tertiary alicyclic amines) is 1. The summed E-state index contributed by atoms with van der Waals surface area (Å²) < 4.78 is 42.9. The van der Waals surface area contributed by atoms with Crippen LogP contribution in [-0.2, 0) is 14.3 Å². The third-order valence-electron chi connectivity index (χ3n) is 4.81. The van der Waals surface area contributed by atoms with E-state index in [-0.39, 0.29) is 43.9 Å². The van der Waals surface area contributed by atoms with Crippen molar-refractivity contribution >= 4 is 11.8 Å². The molecule has 0 spiro atoms. The summed E-state index contributed by atoms with van der Waals surface area (Å²) in [6.07, 6.45) is -0.0498. The van der Waals surface area contributed by atoms with Gasteiger partial charge in [-0.15, -0.1) is 0 Å². The molecule has 8 heteroatoms. The van der Waals surface area contributed by atoms with Gasteiger partial charge in [0.1, 0.15) is 0 Å². The number of halogens is 3. The van der Waals surface area contributed by atoms with Crippen LogP contribution in [0.1, 0.15) is 38.5 Å². The van der Waals surface area contributed by atoms with Gasteiger partial charge in [-0.25, -0.2) is 0 Å². The molecule has 2 rings (SSSR count). The number of alkyl halides is 3. The monoisotopic (exact) mass is 350 g/mol. The fourth-order valence-corrected chi connectivity index (χ4v) is 3.30. The molecule has 0 aromatic heterocycles. The SMILES string of the molecule is CN(CCC1CCCCO1)C(=O)C1CCN(C(=O)C(F)(F)F)CC1. The predicted molar refractivity (Wildman–Crippen MR) is 81.2 cm³/mol. The first-order valence-corrected chi connectivity index (χ1v) is 8.51. The Bertz CT molecular complexity index is 442. The number of rotatable bonds is 4. The van der Waals surface area contributed by atoms with Crippen molar-refractivity contribution in [3.05, 3.63) is 0 Å². The summed E-state index contributed by atoms with van der Waals surface area (Å²) in [5, 5.41) is 0. The molecule has 0 bridgehead atoms. The maximum absolute atomic E-state index is 12.4. The molecule has 1 atom stereocenters. The van der Waals surface area contributed by atoms with Crippen molar-refractivity contribution in [2.45, 2.75) is 50.8 Å². The van der Waals surface area contributed by atoms with Crippen molar-refractivity contribution < 1.29 is 27.5 Å². The maximum Gasteiger partial charge on any atom is 0.471 e. The van der Waals surface area contributed by atoms with E-state index in [0.29, 0.717) is 6.54 Å². The van der Waals surface area contributed by atoms with Crippen LogP contribution in [0.5, 0.6) is 0 Å². The zero-order chi connectivity index (χ0) is 17.7. The Kier molecular flexibility index (Phi) is 6.48. The number of piperidine rings is 1. The van der Waals surface area contributed by atoms with E-state index >= 15 is 0 Å². The van der Waals surface area contributed by atoms with Gasteiger partial charge in [-0.3, -0.25) is 9.59 Å². The summed E-state index contributed by atoms with van der Waals surface area (Å²) in [4.78, 5) is 26.0. The molecule has 2 heterocycles. The van der Waals surface area contributed by atoms with Gasteiger partial charge in [0.25, 0.3) is 0 Å². The van der Waals surface area contributed by atoms with Gasteiger partial charge in [0, 0.05) is 39.2 Å². The van der Waals surface area contributed by atoms with Crippen LogP contribution < -0.4 is 0 Å². The van der Waals surface area contributed by atoms with Gasteiger partial charge < -0.3 is 14.5 Å². The molecule has 2 amide bonds. The molecule has 0 aromatic carbocycles. The molecule has 24 heavy (non-hydrogen) atoms. The Hall–Kier alpha value is -1.31. The number of carbonyl (C=O) groups is 2. The Morgan fingerprint density at radius 1 is 1.17 bits per heavy atom. The summed E-state index contributed by atoms with van der Waals surface area (Å²) in [5.74, 6) is -2.17. The quantitative estimate of drug-likeness (QED) is 0.781. The lowest BCUT2D eigenvalue weighted by molar-refractivity contribution is -0.187. The first-order valence-electron chi connectivity index (χ1n) is 8.51. The van der Waals surface area contributed by atoms with E-state index in [1.165, 1.54) is 0 Å². The lowest BCUT2D eigenvalue weighted by Crippen LogP contribution is -2.48. The van der Waals surface area contributed by atoms with Gasteiger partial charge >= 0.3 is 12.1 Å². The van der Waals surface area contributed by atoms with Gasteiger partial charge in [-0.2, -0.15) is 13.2 Å². The van der Waals surface area contributed by atoms with Gasteiger partial charge in [0.2, 0.25) is 5.91 Å². The predicted octanol–water partition coefficient (Wildman–Crippen LogP) is 2.20. The van der Waals surface area contributed by atoms with Crippen LogP contribution in [-0.4, -0.2) is 67.2 Å². The zero-order valence-electron chi connectivity index (χ0n) is 14.0. The van der Waals surface area contributed by atoms with Gasteiger partial charge in [0.05, 0.1) is 6.10 Å². The molecule has 2 aliphatic heterocycles. The third kappa shape index (κ3) is 5.09. The molecule has 1 unspecified atom stereocenters. The molecule has 2 aliphatic rings. The number of carbonyl (C=O) groups excluding carboxylic acids is 2. The summed E-state index contributed by atoms with van der Waals surface area (Å²) in [7, 11) is 1.72. The standard InChI is InChI=1S/C16H25F3N2O3/c1-20(8-7-13-4-2-3-11-24-13)14(22)12-5-9-21(10-6-12)15(23)16(17,18)19/h12-13H,2-11H2,1H3. The van der Waals surface area contributed by atoms with E-state index in [0.717, 1.165) is 37.2 Å². The number of ether oxygens (including phenoxy) is 1. The number of hydrogen-bond donors (Lipinski definition) is 0. The fourth-order valence-electron chi connectivity index (χ4n) is 3.30. The first kappa shape index (κ1) is 19.0. The average molecular weight is 350 g/mol. The van der Waals surface area contributed by atoms with Crippen LogP contribution in [0.25, 0.3) is 0 Å². The lowest BCUT2D eigenvalue weighted by Gasteiger charge is -2.34. The van der Waals surface area contributed by atoms with E-state index in [1.54, 1.807) is 11.9 Å². The summed E-state index contributed by atoms with van der Waals surface area (Å²) in [5.41, 5.74) is 0. The van der Waals surface area contributed by atoms with Crippen molar-refractivity contribution in [3.8, 4) is 0 Å². The Morgan fingerprint density at radius 3 is 2.38 bits per heavy atom. The van der Waals surface area contributed by atoms with Gasteiger partial charge in [0.15, 0.2) is 0 Å². The number of nitrogens with zero attached hydrogens (tertiary/aromatic N) is 2. The molecule has 0 aliphatic carbocycles. The molecular formula is C16H25F3N2O3. The normalized spacial score (nSPS) is 23.2. The summed E-state index contributed by atoms with van der Waals surface area (Å²) in [6, 6.07) is 0. The first-order chi connectivity index (χ1) is 11.3. The Labute approximate surface area is 140 Å². The van der Waals surface area contributed by atoms with Crippen molar-refractivity contribution in [1.29, 1.82) is 0 Å². The van der Waals surface area contributed by atoms with Crippen molar-refractivity contribution in [2.75, 3.05) is 33.3 Å². The molecule has 2 fully saturated rings. The van der Waals surface area contributed by atoms with Gasteiger partial charge in [-0.05, 0) is 38.5 Å². The van der Waals surface area contributed by atoms with E-state index < -0.39 is 12.1 Å². The molecule has 5 nitrogen and oxygen atoms in total. The number of hydrogen-bond acceptors (Lipinski definition) is 3. The molecule has 2 saturated heterocycles. The summed E-state index contributed by atoms with van der Waals surface area (Å²) >= 11 is 0. The molecular weight excluding hydrogens is 325 g/mol. The van der Waals surface area contributed by atoms with Gasteiger partial charge in [-0.1, -0.05) is 0 Å². The average Bonchev–Trinajstić information content (AvgIpc) is 2.58. The zero-order valence-corrected chi connectivity index (χ0v) is 14.0. The Morgan fingerprint density at radius 2 is 1.83 bits per heavy atom. The minimum Gasteiger partial charge on any atom is -0.378 e. The third-order valence-corrected chi connectivity index (χ3v) is 4.81. The van der Waals surface area contributed by atoms with Crippen LogP contribution in [0.2, 0.25) is 0 Å². The van der Waals surface area contributed by atoms with E-state index in [9.17, 15) is 22.8 Å². The second-order valence-electron chi connectivity index (χ2n) is 6.60. The van der Waals surface area contributed by atoms with Crippen molar-refractivity contribution in [2.24, 2.45) is 5.92 Å². The van der Waals surface area contributed by atoms with Crippen LogP contribution in [0, 0.1) is 5.92 Å². The summed E-state index contributed by atoms with van der Waals surface area (Å²) in [6.45, 7) is 1.32. The molecule has 0 radical (unpaired) electrons. The molecule has 0 N–H and O–H groups in total. The van der Waals surface area contributed by atoms with Crippen LogP contribution in [0.4, 0.5) is 13.2 Å². The van der Waals surface area contributed by atoms with E-state index in [4.69, 9.17) is 4.74 Å².